The van der Waals surface area contributed by atoms with E-state index in [9.17, 15) is 9.59 Å². The largest absolute Gasteiger partial charge is 0.454 e. The summed E-state index contributed by atoms with van der Waals surface area (Å²) in [5.41, 5.74) is 1.75. The molecule has 0 saturated carbocycles. The van der Waals surface area contributed by atoms with E-state index >= 15 is 0 Å². The molecule has 2 aromatic carbocycles. The predicted molar refractivity (Wildman–Crippen MR) is 99.4 cm³/mol. The molecule has 2 aromatic rings. The van der Waals surface area contributed by atoms with Gasteiger partial charge >= 0.3 is 0 Å². The van der Waals surface area contributed by atoms with Gasteiger partial charge in [-0.05, 0) is 35.7 Å². The topological polar surface area (TPSA) is 67.9 Å². The molecule has 0 aromatic heterocycles. The number of nitrogens with one attached hydrogen (secondary N) is 1. The van der Waals surface area contributed by atoms with Gasteiger partial charge in [-0.2, -0.15) is 0 Å². The molecule has 140 valence electrons. The lowest BCUT2D eigenvalue weighted by molar-refractivity contribution is -0.135. The Morgan fingerprint density at radius 1 is 1.19 bits per heavy atom. The van der Waals surface area contributed by atoms with E-state index in [4.69, 9.17) is 21.1 Å². The van der Waals surface area contributed by atoms with Crippen molar-refractivity contribution in [2.45, 2.75) is 32.0 Å². The zero-order valence-electron chi connectivity index (χ0n) is 14.6. The lowest BCUT2D eigenvalue weighted by Crippen LogP contribution is -2.44. The summed E-state index contributed by atoms with van der Waals surface area (Å²) >= 11 is 6.20. The normalized spacial score (nSPS) is 18.0. The maximum Gasteiger partial charge on any atom is 0.243 e. The van der Waals surface area contributed by atoms with Crippen molar-refractivity contribution >= 4 is 23.4 Å². The SMILES string of the molecule is O=C(NCc1ccc2c(c1)OCO2)[C@H]1CCC(=O)N1Cc1ccccc1Cl. The van der Waals surface area contributed by atoms with Crippen LogP contribution in [0.1, 0.15) is 24.0 Å². The molecule has 1 saturated heterocycles. The maximum atomic E-state index is 12.7. The predicted octanol–water partition coefficient (Wildman–Crippen LogP) is 2.88. The number of halogens is 1. The molecular weight excluding hydrogens is 368 g/mol. The van der Waals surface area contributed by atoms with Crippen LogP contribution < -0.4 is 14.8 Å². The second kappa shape index (κ2) is 7.48. The van der Waals surface area contributed by atoms with Crippen LogP contribution in [0, 0.1) is 0 Å². The highest BCUT2D eigenvalue weighted by molar-refractivity contribution is 6.31. The molecule has 0 bridgehead atoms. The van der Waals surface area contributed by atoms with Crippen molar-refractivity contribution in [2.75, 3.05) is 6.79 Å². The summed E-state index contributed by atoms with van der Waals surface area (Å²) in [4.78, 5) is 26.6. The van der Waals surface area contributed by atoms with Gasteiger partial charge in [-0.1, -0.05) is 35.9 Å². The van der Waals surface area contributed by atoms with Crippen LogP contribution in [-0.4, -0.2) is 29.5 Å². The van der Waals surface area contributed by atoms with Crippen molar-refractivity contribution in [3.63, 3.8) is 0 Å². The second-order valence-electron chi connectivity index (χ2n) is 6.57. The minimum atomic E-state index is -0.484. The highest BCUT2D eigenvalue weighted by Gasteiger charge is 2.36. The van der Waals surface area contributed by atoms with Gasteiger partial charge in [0.1, 0.15) is 6.04 Å². The summed E-state index contributed by atoms with van der Waals surface area (Å²) in [5.74, 6) is 1.19. The first-order valence-corrected chi connectivity index (χ1v) is 9.19. The van der Waals surface area contributed by atoms with Crippen LogP contribution in [0.2, 0.25) is 5.02 Å². The third kappa shape index (κ3) is 3.71. The van der Waals surface area contributed by atoms with Crippen LogP contribution in [0.4, 0.5) is 0 Å². The van der Waals surface area contributed by atoms with Gasteiger partial charge in [0.15, 0.2) is 11.5 Å². The average Bonchev–Trinajstić information content (AvgIpc) is 3.28. The first-order valence-electron chi connectivity index (χ1n) is 8.81. The summed E-state index contributed by atoms with van der Waals surface area (Å²) in [7, 11) is 0. The van der Waals surface area contributed by atoms with E-state index in [-0.39, 0.29) is 18.6 Å². The zero-order chi connectivity index (χ0) is 18.8. The summed E-state index contributed by atoms with van der Waals surface area (Å²) in [6.45, 7) is 0.910. The molecule has 2 aliphatic rings. The minimum absolute atomic E-state index is 0.0295. The quantitative estimate of drug-likeness (QED) is 0.858. The molecule has 0 spiro atoms. The fraction of sp³-hybridized carbons (Fsp3) is 0.300. The molecule has 0 unspecified atom stereocenters. The standard InChI is InChI=1S/C20H19ClN2O4/c21-15-4-2-1-3-14(15)11-23-16(6-8-19(23)24)20(25)22-10-13-5-7-17-18(9-13)27-12-26-17/h1-5,7,9,16H,6,8,10-12H2,(H,22,25)/t16-/m1/s1. The molecule has 4 rings (SSSR count). The molecule has 1 N–H and O–H groups in total. The molecule has 2 heterocycles. The summed E-state index contributed by atoms with van der Waals surface area (Å²) in [6.07, 6.45) is 0.878. The number of hydrogen-bond donors (Lipinski definition) is 1. The molecule has 6 nitrogen and oxygen atoms in total. The smallest absolute Gasteiger partial charge is 0.243 e. The van der Waals surface area contributed by atoms with Crippen molar-refractivity contribution in [3.8, 4) is 11.5 Å². The highest BCUT2D eigenvalue weighted by atomic mass is 35.5. The van der Waals surface area contributed by atoms with Crippen molar-refractivity contribution < 1.29 is 19.1 Å². The molecule has 0 aliphatic carbocycles. The Hall–Kier alpha value is -2.73. The fourth-order valence-corrected chi connectivity index (χ4v) is 3.57. The van der Waals surface area contributed by atoms with E-state index in [1.807, 2.05) is 36.4 Å². The van der Waals surface area contributed by atoms with E-state index in [1.165, 1.54) is 0 Å². The van der Waals surface area contributed by atoms with Crippen LogP contribution in [0.15, 0.2) is 42.5 Å². The first kappa shape index (κ1) is 17.7. The minimum Gasteiger partial charge on any atom is -0.454 e. The van der Waals surface area contributed by atoms with Gasteiger partial charge in [-0.25, -0.2) is 0 Å². The van der Waals surface area contributed by atoms with Crippen molar-refractivity contribution in [3.05, 3.63) is 58.6 Å². The van der Waals surface area contributed by atoms with Gasteiger partial charge in [0.2, 0.25) is 18.6 Å². The number of amides is 2. The molecule has 1 atom stereocenters. The van der Waals surface area contributed by atoms with E-state index in [0.29, 0.717) is 42.5 Å². The number of ether oxygens (including phenoxy) is 2. The number of likely N-dealkylation sites (tertiary alicyclic amines) is 1. The van der Waals surface area contributed by atoms with Crippen LogP contribution in [0.25, 0.3) is 0 Å². The fourth-order valence-electron chi connectivity index (χ4n) is 3.37. The molecule has 2 aliphatic heterocycles. The molecule has 27 heavy (non-hydrogen) atoms. The van der Waals surface area contributed by atoms with E-state index in [0.717, 1.165) is 11.1 Å². The average molecular weight is 387 g/mol. The van der Waals surface area contributed by atoms with Gasteiger partial charge in [0, 0.05) is 24.5 Å². The Labute approximate surface area is 162 Å². The number of carbonyl (C=O) groups excluding carboxylic acids is 2. The van der Waals surface area contributed by atoms with E-state index in [1.54, 1.807) is 11.0 Å². The van der Waals surface area contributed by atoms with Crippen LogP contribution in [-0.2, 0) is 22.7 Å². The lowest BCUT2D eigenvalue weighted by atomic mass is 10.1. The summed E-state index contributed by atoms with van der Waals surface area (Å²) < 4.78 is 10.6. The van der Waals surface area contributed by atoms with Crippen molar-refractivity contribution in [1.29, 1.82) is 0 Å². The van der Waals surface area contributed by atoms with Gasteiger partial charge in [-0.3, -0.25) is 9.59 Å². The molecule has 1 fully saturated rings. The lowest BCUT2D eigenvalue weighted by Gasteiger charge is -2.24. The molecular formula is C20H19ClN2O4. The summed E-state index contributed by atoms with van der Waals surface area (Å²) in [6, 6.07) is 12.4. The number of rotatable bonds is 5. The van der Waals surface area contributed by atoms with Crippen molar-refractivity contribution in [2.24, 2.45) is 0 Å². The van der Waals surface area contributed by atoms with E-state index < -0.39 is 6.04 Å². The number of carbonyl (C=O) groups is 2. The second-order valence-corrected chi connectivity index (χ2v) is 6.98. The number of hydrogen-bond acceptors (Lipinski definition) is 4. The molecule has 0 radical (unpaired) electrons. The van der Waals surface area contributed by atoms with Gasteiger partial charge in [0.25, 0.3) is 0 Å². The maximum absolute atomic E-state index is 12.7. The first-order chi connectivity index (χ1) is 13.1. The van der Waals surface area contributed by atoms with Crippen LogP contribution in [0.5, 0.6) is 11.5 Å². The van der Waals surface area contributed by atoms with Gasteiger partial charge in [-0.15, -0.1) is 0 Å². The Bertz CT molecular complexity index is 886. The van der Waals surface area contributed by atoms with Gasteiger partial charge in [0.05, 0.1) is 0 Å². The number of fused-ring (bicyclic) bond motifs is 1. The Balaban J connectivity index is 1.41. The molecule has 2 amide bonds. The third-order valence-electron chi connectivity index (χ3n) is 4.83. The Morgan fingerprint density at radius 3 is 2.85 bits per heavy atom. The molecule has 7 heteroatoms. The van der Waals surface area contributed by atoms with Crippen molar-refractivity contribution in [1.82, 2.24) is 10.2 Å². The van der Waals surface area contributed by atoms with Crippen LogP contribution >= 0.6 is 11.6 Å². The number of benzene rings is 2. The number of nitrogens with zero attached hydrogens (tertiary/aromatic N) is 1. The highest BCUT2D eigenvalue weighted by Crippen LogP contribution is 2.32. The Morgan fingerprint density at radius 2 is 2.00 bits per heavy atom. The summed E-state index contributed by atoms with van der Waals surface area (Å²) in [5, 5.41) is 3.52. The van der Waals surface area contributed by atoms with Gasteiger partial charge < -0.3 is 19.7 Å². The third-order valence-corrected chi connectivity index (χ3v) is 5.20. The van der Waals surface area contributed by atoms with E-state index in [2.05, 4.69) is 5.32 Å². The zero-order valence-corrected chi connectivity index (χ0v) is 15.4. The van der Waals surface area contributed by atoms with Crippen LogP contribution in [0.3, 0.4) is 0 Å². The Kier molecular flexibility index (Phi) is 4.90. The monoisotopic (exact) mass is 386 g/mol.